The second kappa shape index (κ2) is 5.46. The smallest absolute Gasteiger partial charge is 0.291 e. The second-order valence-corrected chi connectivity index (χ2v) is 5.93. The molecule has 1 N–H and O–H groups in total. The highest BCUT2D eigenvalue weighted by atomic mass is 16.2. The molecular weight excluding hydrogens is 290 g/mol. The molecule has 6 nitrogen and oxygen atoms in total. The van der Waals surface area contributed by atoms with Gasteiger partial charge in [0, 0.05) is 11.9 Å². The Labute approximate surface area is 133 Å². The van der Waals surface area contributed by atoms with Gasteiger partial charge in [0.2, 0.25) is 5.82 Å². The van der Waals surface area contributed by atoms with Crippen molar-refractivity contribution in [3.05, 3.63) is 59.7 Å². The van der Waals surface area contributed by atoms with E-state index in [9.17, 15) is 4.79 Å². The molecular formula is C17H17N5O. The third kappa shape index (κ3) is 2.67. The first kappa shape index (κ1) is 13.9. The number of carbonyl (C=O) groups is 1. The van der Waals surface area contributed by atoms with E-state index in [-0.39, 0.29) is 17.8 Å². The number of nitrogens with one attached hydrogen (secondary N) is 1. The minimum absolute atomic E-state index is 0.0179. The van der Waals surface area contributed by atoms with Crippen LogP contribution in [0.25, 0.3) is 5.78 Å². The van der Waals surface area contributed by atoms with Crippen molar-refractivity contribution >= 4 is 11.7 Å². The Bertz CT molecular complexity index is 854. The van der Waals surface area contributed by atoms with Crippen LogP contribution < -0.4 is 5.32 Å². The normalized spacial score (nSPS) is 15.5. The van der Waals surface area contributed by atoms with Gasteiger partial charge < -0.3 is 5.32 Å². The van der Waals surface area contributed by atoms with E-state index in [1.807, 2.05) is 43.3 Å². The van der Waals surface area contributed by atoms with Crippen LogP contribution in [0.4, 0.5) is 0 Å². The average Bonchev–Trinajstić information content (AvgIpc) is 3.31. The molecule has 2 heterocycles. The number of aromatic nitrogens is 4. The highest BCUT2D eigenvalue weighted by Gasteiger charge is 2.34. The molecule has 1 saturated carbocycles. The van der Waals surface area contributed by atoms with Crippen LogP contribution in [0.1, 0.15) is 40.8 Å². The summed E-state index contributed by atoms with van der Waals surface area (Å²) in [6, 6.07) is 11.9. The predicted molar refractivity (Wildman–Crippen MR) is 84.9 cm³/mol. The first-order chi connectivity index (χ1) is 11.2. The van der Waals surface area contributed by atoms with Crippen molar-refractivity contribution in [2.75, 3.05) is 0 Å². The third-order valence-electron chi connectivity index (χ3n) is 4.17. The van der Waals surface area contributed by atoms with E-state index in [1.54, 1.807) is 10.7 Å². The maximum Gasteiger partial charge on any atom is 0.291 e. The number of nitrogens with zero attached hydrogens (tertiary/aromatic N) is 4. The largest absolute Gasteiger partial charge is 0.342 e. The summed E-state index contributed by atoms with van der Waals surface area (Å²) in [5.41, 5.74) is 2.02. The van der Waals surface area contributed by atoms with Crippen molar-refractivity contribution in [1.29, 1.82) is 0 Å². The molecule has 1 aliphatic carbocycles. The van der Waals surface area contributed by atoms with Crippen molar-refractivity contribution in [3.63, 3.8) is 0 Å². The Morgan fingerprint density at radius 2 is 2.04 bits per heavy atom. The van der Waals surface area contributed by atoms with Crippen LogP contribution in [0.15, 0.2) is 42.6 Å². The van der Waals surface area contributed by atoms with Crippen LogP contribution in [-0.4, -0.2) is 25.5 Å². The number of hydrogen-bond acceptors (Lipinski definition) is 4. The fourth-order valence-electron chi connectivity index (χ4n) is 2.77. The van der Waals surface area contributed by atoms with Gasteiger partial charge in [-0.15, -0.1) is 5.10 Å². The van der Waals surface area contributed by atoms with Crippen molar-refractivity contribution in [3.8, 4) is 0 Å². The van der Waals surface area contributed by atoms with E-state index in [4.69, 9.17) is 0 Å². The van der Waals surface area contributed by atoms with Gasteiger partial charge in [0.1, 0.15) is 0 Å². The van der Waals surface area contributed by atoms with Crippen molar-refractivity contribution in [1.82, 2.24) is 24.9 Å². The standard InChI is InChI=1S/C17H17N5O/c1-11-9-10-18-17-20-15(21-22(11)17)16(23)19-14(13-7-8-13)12-5-3-2-4-6-12/h2-6,9-10,13-14H,7-8H2,1H3,(H,19,23). The molecule has 0 bridgehead atoms. The molecule has 116 valence electrons. The van der Waals surface area contributed by atoms with Gasteiger partial charge in [-0.25, -0.2) is 9.50 Å². The van der Waals surface area contributed by atoms with Gasteiger partial charge >= 0.3 is 0 Å². The molecule has 1 atom stereocenters. The van der Waals surface area contributed by atoms with E-state index in [2.05, 4.69) is 20.4 Å². The lowest BCUT2D eigenvalue weighted by molar-refractivity contribution is 0.0921. The van der Waals surface area contributed by atoms with Crippen LogP contribution in [0.5, 0.6) is 0 Å². The summed E-state index contributed by atoms with van der Waals surface area (Å²) in [4.78, 5) is 20.9. The summed E-state index contributed by atoms with van der Waals surface area (Å²) in [5, 5.41) is 7.36. The number of fused-ring (bicyclic) bond motifs is 1. The third-order valence-corrected chi connectivity index (χ3v) is 4.17. The first-order valence-corrected chi connectivity index (χ1v) is 7.76. The van der Waals surface area contributed by atoms with Gasteiger partial charge in [-0.05, 0) is 37.3 Å². The average molecular weight is 307 g/mol. The fraction of sp³-hybridized carbons (Fsp3) is 0.294. The molecule has 4 rings (SSSR count). The Kier molecular flexibility index (Phi) is 3.29. The molecule has 0 spiro atoms. The zero-order chi connectivity index (χ0) is 15.8. The molecule has 1 fully saturated rings. The van der Waals surface area contributed by atoms with Gasteiger partial charge in [-0.3, -0.25) is 4.79 Å². The van der Waals surface area contributed by atoms with Crippen LogP contribution >= 0.6 is 0 Å². The number of hydrogen-bond donors (Lipinski definition) is 1. The molecule has 0 saturated heterocycles. The van der Waals surface area contributed by atoms with E-state index in [0.717, 1.165) is 24.1 Å². The van der Waals surface area contributed by atoms with E-state index in [0.29, 0.717) is 11.7 Å². The van der Waals surface area contributed by atoms with Crippen LogP contribution in [0.2, 0.25) is 0 Å². The lowest BCUT2D eigenvalue weighted by atomic mass is 10.0. The summed E-state index contributed by atoms with van der Waals surface area (Å²) in [5.74, 6) is 0.847. The molecule has 1 unspecified atom stereocenters. The Balaban J connectivity index is 1.61. The monoisotopic (exact) mass is 307 g/mol. The molecule has 6 heteroatoms. The summed E-state index contributed by atoms with van der Waals surface area (Å²) in [6.45, 7) is 1.90. The maximum atomic E-state index is 12.6. The van der Waals surface area contributed by atoms with Crippen molar-refractivity contribution in [2.45, 2.75) is 25.8 Å². The van der Waals surface area contributed by atoms with Crippen LogP contribution in [0, 0.1) is 12.8 Å². The molecule has 0 radical (unpaired) electrons. The quantitative estimate of drug-likeness (QED) is 0.803. The number of carbonyl (C=O) groups excluding carboxylic acids is 1. The zero-order valence-electron chi connectivity index (χ0n) is 12.8. The second-order valence-electron chi connectivity index (χ2n) is 5.93. The molecule has 1 aromatic carbocycles. The van der Waals surface area contributed by atoms with E-state index in [1.165, 1.54) is 0 Å². The Hall–Kier alpha value is -2.76. The predicted octanol–water partition coefficient (Wildman–Crippen LogP) is 2.31. The molecule has 1 aliphatic rings. The summed E-state index contributed by atoms with van der Waals surface area (Å²) in [7, 11) is 0. The summed E-state index contributed by atoms with van der Waals surface area (Å²) < 4.78 is 1.59. The zero-order valence-corrected chi connectivity index (χ0v) is 12.8. The minimum Gasteiger partial charge on any atom is -0.342 e. The summed E-state index contributed by atoms with van der Waals surface area (Å²) >= 11 is 0. The van der Waals surface area contributed by atoms with Gasteiger partial charge in [-0.1, -0.05) is 30.3 Å². The van der Waals surface area contributed by atoms with E-state index < -0.39 is 0 Å². The van der Waals surface area contributed by atoms with Crippen molar-refractivity contribution < 1.29 is 4.79 Å². The number of aryl methyl sites for hydroxylation is 1. The van der Waals surface area contributed by atoms with Gasteiger partial charge in [0.05, 0.1) is 6.04 Å². The molecule has 0 aliphatic heterocycles. The summed E-state index contributed by atoms with van der Waals surface area (Å²) in [6.07, 6.45) is 3.94. The Morgan fingerprint density at radius 3 is 2.74 bits per heavy atom. The van der Waals surface area contributed by atoms with Crippen molar-refractivity contribution in [2.24, 2.45) is 5.92 Å². The molecule has 1 amide bonds. The topological polar surface area (TPSA) is 72.2 Å². The minimum atomic E-state index is -0.254. The fourth-order valence-corrected chi connectivity index (χ4v) is 2.77. The van der Waals surface area contributed by atoms with Crippen LogP contribution in [-0.2, 0) is 0 Å². The highest BCUT2D eigenvalue weighted by Crippen LogP contribution is 2.41. The first-order valence-electron chi connectivity index (χ1n) is 7.76. The molecule has 2 aromatic heterocycles. The Morgan fingerprint density at radius 1 is 1.26 bits per heavy atom. The number of rotatable bonds is 4. The number of benzene rings is 1. The highest BCUT2D eigenvalue weighted by molar-refractivity contribution is 5.91. The van der Waals surface area contributed by atoms with E-state index >= 15 is 0 Å². The molecule has 3 aromatic rings. The SMILES string of the molecule is Cc1ccnc2nc(C(=O)NC(c3ccccc3)C3CC3)nn12. The van der Waals surface area contributed by atoms with Gasteiger partial charge in [0.15, 0.2) is 0 Å². The molecule has 23 heavy (non-hydrogen) atoms. The van der Waals surface area contributed by atoms with Gasteiger partial charge in [0.25, 0.3) is 11.7 Å². The van der Waals surface area contributed by atoms with Gasteiger partial charge in [-0.2, -0.15) is 4.98 Å². The lowest BCUT2D eigenvalue weighted by Gasteiger charge is -2.17. The number of amides is 1. The maximum absolute atomic E-state index is 12.6. The lowest BCUT2D eigenvalue weighted by Crippen LogP contribution is -2.30. The van der Waals surface area contributed by atoms with Crippen LogP contribution in [0.3, 0.4) is 0 Å².